The molecule has 0 radical (unpaired) electrons. The topological polar surface area (TPSA) is 71.5 Å². The van der Waals surface area contributed by atoms with Crippen molar-refractivity contribution in [3.63, 3.8) is 0 Å². The number of aryl methyl sites for hydroxylation is 1. The molecule has 1 saturated heterocycles. The van der Waals surface area contributed by atoms with Gasteiger partial charge in [-0.3, -0.25) is 4.79 Å². The number of nitrogens with one attached hydrogen (secondary N) is 1. The van der Waals surface area contributed by atoms with Crippen molar-refractivity contribution in [3.05, 3.63) is 47.4 Å². The molecular formula is C20H23N3O3S. The minimum absolute atomic E-state index is 0.164. The summed E-state index contributed by atoms with van der Waals surface area (Å²) in [7, 11) is 0. The summed E-state index contributed by atoms with van der Waals surface area (Å²) >= 11 is 1.46. The van der Waals surface area contributed by atoms with Gasteiger partial charge in [-0.2, -0.15) is 0 Å². The number of thioether (sulfide) groups is 1. The van der Waals surface area contributed by atoms with Crippen LogP contribution in [0, 0.1) is 6.92 Å². The Morgan fingerprint density at radius 3 is 2.89 bits per heavy atom. The smallest absolute Gasteiger partial charge is 0.287 e. The van der Waals surface area contributed by atoms with Crippen LogP contribution >= 0.6 is 11.8 Å². The van der Waals surface area contributed by atoms with Crippen molar-refractivity contribution >= 4 is 28.8 Å². The van der Waals surface area contributed by atoms with Gasteiger partial charge in [0.25, 0.3) is 11.1 Å². The van der Waals surface area contributed by atoms with E-state index in [1.807, 2.05) is 31.2 Å². The standard InChI is InChI=1S/C20H23N3O3S/c1-14-5-4-6-16-18(14)22-20(26-16)27-13-15-7-8-17(25-15)19(24)21-9-12-23-10-2-3-11-23/h4-8H,2-3,9-13H2,1H3,(H,21,24). The van der Waals surface area contributed by atoms with Gasteiger partial charge in [0.2, 0.25) is 0 Å². The van der Waals surface area contributed by atoms with Crippen LogP contribution in [0.4, 0.5) is 0 Å². The highest BCUT2D eigenvalue weighted by Crippen LogP contribution is 2.28. The van der Waals surface area contributed by atoms with E-state index in [0.717, 1.165) is 42.1 Å². The Kier molecular flexibility index (Phi) is 5.50. The molecule has 3 heterocycles. The van der Waals surface area contributed by atoms with Crippen molar-refractivity contribution in [1.82, 2.24) is 15.2 Å². The number of hydrogen-bond donors (Lipinski definition) is 1. The fourth-order valence-corrected chi connectivity index (χ4v) is 3.98. The molecule has 1 N–H and O–H groups in total. The van der Waals surface area contributed by atoms with Gasteiger partial charge >= 0.3 is 0 Å². The van der Waals surface area contributed by atoms with E-state index in [2.05, 4.69) is 15.2 Å². The van der Waals surface area contributed by atoms with Crippen LogP contribution in [0.15, 0.2) is 44.4 Å². The van der Waals surface area contributed by atoms with Crippen molar-refractivity contribution < 1.29 is 13.6 Å². The zero-order chi connectivity index (χ0) is 18.6. The van der Waals surface area contributed by atoms with Gasteiger partial charge in [-0.1, -0.05) is 23.9 Å². The molecular weight excluding hydrogens is 362 g/mol. The van der Waals surface area contributed by atoms with Crippen molar-refractivity contribution in [2.75, 3.05) is 26.2 Å². The molecule has 3 aromatic rings. The number of likely N-dealkylation sites (tertiary alicyclic amines) is 1. The lowest BCUT2D eigenvalue weighted by Gasteiger charge is -2.14. The molecule has 1 aliphatic rings. The number of hydrogen-bond acceptors (Lipinski definition) is 6. The minimum atomic E-state index is -0.164. The Labute approximate surface area is 162 Å². The second kappa shape index (κ2) is 8.19. The zero-order valence-corrected chi connectivity index (χ0v) is 16.2. The molecule has 27 heavy (non-hydrogen) atoms. The largest absolute Gasteiger partial charge is 0.455 e. The summed E-state index contributed by atoms with van der Waals surface area (Å²) in [6, 6.07) is 9.43. The first-order chi connectivity index (χ1) is 13.2. The Balaban J connectivity index is 1.29. The van der Waals surface area contributed by atoms with Crippen LogP contribution in [0.5, 0.6) is 0 Å². The second-order valence-electron chi connectivity index (χ2n) is 6.76. The van der Waals surface area contributed by atoms with Crippen molar-refractivity contribution in [1.29, 1.82) is 0 Å². The number of rotatable bonds is 7. The lowest BCUT2D eigenvalue weighted by molar-refractivity contribution is 0.0920. The Hall–Kier alpha value is -2.25. The number of benzene rings is 1. The molecule has 1 fully saturated rings. The molecule has 1 aromatic carbocycles. The molecule has 2 aromatic heterocycles. The van der Waals surface area contributed by atoms with E-state index in [0.29, 0.717) is 23.3 Å². The highest BCUT2D eigenvalue weighted by Gasteiger charge is 2.15. The Bertz CT molecular complexity index is 928. The maximum atomic E-state index is 12.2. The third-order valence-electron chi connectivity index (χ3n) is 4.74. The average molecular weight is 385 g/mol. The van der Waals surface area contributed by atoms with E-state index < -0.39 is 0 Å². The summed E-state index contributed by atoms with van der Waals surface area (Å²) in [6.45, 7) is 5.82. The van der Waals surface area contributed by atoms with E-state index in [4.69, 9.17) is 8.83 Å². The predicted molar refractivity (Wildman–Crippen MR) is 105 cm³/mol. The molecule has 1 amide bonds. The van der Waals surface area contributed by atoms with E-state index >= 15 is 0 Å². The number of aromatic nitrogens is 1. The molecule has 0 unspecified atom stereocenters. The number of nitrogens with zero attached hydrogens (tertiary/aromatic N) is 2. The molecule has 1 aliphatic heterocycles. The van der Waals surface area contributed by atoms with E-state index in [-0.39, 0.29) is 5.91 Å². The third kappa shape index (κ3) is 4.36. The van der Waals surface area contributed by atoms with Crippen LogP contribution < -0.4 is 5.32 Å². The lowest BCUT2D eigenvalue weighted by atomic mass is 10.2. The van der Waals surface area contributed by atoms with Gasteiger partial charge < -0.3 is 19.1 Å². The quantitative estimate of drug-likeness (QED) is 0.623. The lowest BCUT2D eigenvalue weighted by Crippen LogP contribution is -2.33. The number of carbonyl (C=O) groups is 1. The molecule has 0 spiro atoms. The Morgan fingerprint density at radius 2 is 2.07 bits per heavy atom. The molecule has 0 bridgehead atoms. The molecule has 4 rings (SSSR count). The molecule has 142 valence electrons. The Morgan fingerprint density at radius 1 is 1.22 bits per heavy atom. The van der Waals surface area contributed by atoms with Gasteiger partial charge in [0.15, 0.2) is 11.3 Å². The van der Waals surface area contributed by atoms with Crippen LogP contribution in [0.3, 0.4) is 0 Å². The summed E-state index contributed by atoms with van der Waals surface area (Å²) < 4.78 is 11.4. The third-order valence-corrected chi connectivity index (χ3v) is 5.59. The number of para-hydroxylation sites is 1. The van der Waals surface area contributed by atoms with Gasteiger partial charge in [-0.05, 0) is 56.6 Å². The summed E-state index contributed by atoms with van der Waals surface area (Å²) in [4.78, 5) is 19.1. The summed E-state index contributed by atoms with van der Waals surface area (Å²) in [5.41, 5.74) is 2.77. The summed E-state index contributed by atoms with van der Waals surface area (Å²) in [5, 5.41) is 3.53. The monoisotopic (exact) mass is 385 g/mol. The fourth-order valence-electron chi connectivity index (χ4n) is 3.26. The number of oxazole rings is 1. The van der Waals surface area contributed by atoms with Crippen LogP contribution in [-0.2, 0) is 5.75 Å². The van der Waals surface area contributed by atoms with Gasteiger partial charge in [0, 0.05) is 13.1 Å². The SMILES string of the molecule is Cc1cccc2oc(SCc3ccc(C(=O)NCCN4CCCC4)o3)nc12. The summed E-state index contributed by atoms with van der Waals surface area (Å²) in [6.07, 6.45) is 2.51. The molecule has 0 aliphatic carbocycles. The van der Waals surface area contributed by atoms with Crippen molar-refractivity contribution in [3.8, 4) is 0 Å². The van der Waals surface area contributed by atoms with E-state index in [9.17, 15) is 4.79 Å². The summed E-state index contributed by atoms with van der Waals surface area (Å²) in [5.74, 6) is 1.47. The maximum absolute atomic E-state index is 12.2. The number of furan rings is 1. The number of amides is 1. The van der Waals surface area contributed by atoms with Crippen molar-refractivity contribution in [2.24, 2.45) is 0 Å². The fraction of sp³-hybridized carbons (Fsp3) is 0.400. The average Bonchev–Trinajstić information content (AvgIpc) is 3.40. The maximum Gasteiger partial charge on any atom is 0.287 e. The van der Waals surface area contributed by atoms with Crippen LogP contribution in [0.1, 0.15) is 34.7 Å². The first-order valence-corrected chi connectivity index (χ1v) is 10.3. The van der Waals surface area contributed by atoms with Gasteiger partial charge in [0.05, 0.1) is 5.75 Å². The van der Waals surface area contributed by atoms with Crippen molar-refractivity contribution in [2.45, 2.75) is 30.7 Å². The minimum Gasteiger partial charge on any atom is -0.455 e. The normalized spacial score (nSPS) is 14.9. The highest BCUT2D eigenvalue weighted by molar-refractivity contribution is 7.98. The van der Waals surface area contributed by atoms with Gasteiger partial charge in [-0.25, -0.2) is 4.98 Å². The van der Waals surface area contributed by atoms with Gasteiger partial charge in [-0.15, -0.1) is 0 Å². The van der Waals surface area contributed by atoms with E-state index in [1.54, 1.807) is 6.07 Å². The van der Waals surface area contributed by atoms with E-state index in [1.165, 1.54) is 24.6 Å². The predicted octanol–water partition coefficient (Wildman–Crippen LogP) is 3.85. The second-order valence-corrected chi connectivity index (χ2v) is 7.69. The molecule has 7 heteroatoms. The zero-order valence-electron chi connectivity index (χ0n) is 15.4. The molecule has 6 nitrogen and oxygen atoms in total. The van der Waals surface area contributed by atoms with Crippen LogP contribution in [0.2, 0.25) is 0 Å². The number of carbonyl (C=O) groups excluding carboxylic acids is 1. The first-order valence-electron chi connectivity index (χ1n) is 9.27. The van der Waals surface area contributed by atoms with Crippen LogP contribution in [-0.4, -0.2) is 42.0 Å². The first kappa shape index (κ1) is 18.1. The van der Waals surface area contributed by atoms with Crippen LogP contribution in [0.25, 0.3) is 11.1 Å². The molecule has 0 atom stereocenters. The highest BCUT2D eigenvalue weighted by atomic mass is 32.2. The molecule has 0 saturated carbocycles. The number of fused-ring (bicyclic) bond motifs is 1. The van der Waals surface area contributed by atoms with Gasteiger partial charge in [0.1, 0.15) is 11.3 Å².